The average molecular weight is 412 g/mol. The summed E-state index contributed by atoms with van der Waals surface area (Å²) < 4.78 is 26.7. The summed E-state index contributed by atoms with van der Waals surface area (Å²) in [5, 5.41) is 3.50. The van der Waals surface area contributed by atoms with Gasteiger partial charge in [0.2, 0.25) is 0 Å². The Kier molecular flexibility index (Phi) is 5.83. The van der Waals surface area contributed by atoms with E-state index in [2.05, 4.69) is 24.4 Å². The van der Waals surface area contributed by atoms with Gasteiger partial charge < -0.3 is 14.8 Å². The highest BCUT2D eigenvalue weighted by Crippen LogP contribution is 2.43. The van der Waals surface area contributed by atoms with Crippen LogP contribution in [-0.4, -0.2) is 38.3 Å². The zero-order valence-electron chi connectivity index (χ0n) is 17.9. The van der Waals surface area contributed by atoms with Crippen molar-refractivity contribution in [1.29, 1.82) is 0 Å². The van der Waals surface area contributed by atoms with Crippen LogP contribution >= 0.6 is 0 Å². The van der Waals surface area contributed by atoms with Crippen LogP contribution in [0.25, 0.3) is 0 Å². The number of benzene rings is 2. The van der Waals surface area contributed by atoms with Crippen LogP contribution in [0.2, 0.25) is 0 Å². The molecule has 0 amide bonds. The maximum atomic E-state index is 16.0. The molecule has 160 valence electrons. The number of piperidine rings is 1. The van der Waals surface area contributed by atoms with E-state index in [1.165, 1.54) is 5.56 Å². The largest absolute Gasteiger partial charge is 0.493 e. The molecule has 1 aliphatic carbocycles. The number of halogens is 1. The molecule has 2 aromatic carbocycles. The van der Waals surface area contributed by atoms with Crippen molar-refractivity contribution >= 4 is 5.78 Å². The number of hydrogen-bond donors (Lipinski definition) is 1. The Labute approximate surface area is 177 Å². The highest BCUT2D eigenvalue weighted by molar-refractivity contribution is 6.03. The van der Waals surface area contributed by atoms with Gasteiger partial charge in [0.15, 0.2) is 17.3 Å². The van der Waals surface area contributed by atoms with Crippen molar-refractivity contribution in [1.82, 2.24) is 5.32 Å². The van der Waals surface area contributed by atoms with Crippen molar-refractivity contribution < 1.29 is 18.7 Å². The van der Waals surface area contributed by atoms with E-state index in [9.17, 15) is 4.79 Å². The summed E-state index contributed by atoms with van der Waals surface area (Å²) in [6, 6.07) is 13.9. The Morgan fingerprint density at radius 3 is 2.57 bits per heavy atom. The summed E-state index contributed by atoms with van der Waals surface area (Å²) in [4.78, 5) is 13.0. The molecule has 1 heterocycles. The number of carbonyl (C=O) groups excluding carboxylic acids is 1. The fraction of sp³-hybridized carbons (Fsp3) is 0.480. The normalized spacial score (nSPS) is 26.9. The Morgan fingerprint density at radius 2 is 1.87 bits per heavy atom. The third-order valence-electron chi connectivity index (χ3n) is 6.82. The van der Waals surface area contributed by atoms with Crippen LogP contribution in [0.1, 0.15) is 53.6 Å². The molecule has 0 radical (unpaired) electrons. The van der Waals surface area contributed by atoms with Crippen LogP contribution in [0.15, 0.2) is 42.5 Å². The first kappa shape index (κ1) is 20.9. The van der Waals surface area contributed by atoms with E-state index < -0.39 is 5.67 Å². The van der Waals surface area contributed by atoms with E-state index in [0.717, 1.165) is 5.56 Å². The standard InChI is InChI=1S/C25H30FNO3/c1-16(17-7-5-4-6-8-17)21-15-25(26,9-10-27-21)14-19-11-18-12-22(29-2)23(30-3)13-20(18)24(19)28/h4-8,12-13,16,19,21,27H,9-11,14-15H2,1-3H3. The smallest absolute Gasteiger partial charge is 0.166 e. The lowest BCUT2D eigenvalue weighted by Crippen LogP contribution is -2.49. The number of hydrogen-bond acceptors (Lipinski definition) is 4. The first-order chi connectivity index (χ1) is 14.4. The van der Waals surface area contributed by atoms with E-state index in [1.54, 1.807) is 20.3 Å². The van der Waals surface area contributed by atoms with Gasteiger partial charge in [-0.25, -0.2) is 4.39 Å². The number of rotatable bonds is 6. The Morgan fingerprint density at radius 1 is 1.17 bits per heavy atom. The highest BCUT2D eigenvalue weighted by atomic mass is 19.1. The van der Waals surface area contributed by atoms with Gasteiger partial charge in [0.05, 0.1) is 14.2 Å². The summed E-state index contributed by atoms with van der Waals surface area (Å²) in [6.45, 7) is 2.78. The molecule has 4 atom stereocenters. The molecule has 0 bridgehead atoms. The third-order valence-corrected chi connectivity index (χ3v) is 6.82. The minimum Gasteiger partial charge on any atom is -0.493 e. The number of ketones is 1. The molecule has 2 aromatic rings. The van der Waals surface area contributed by atoms with Gasteiger partial charge in [0.1, 0.15) is 5.67 Å². The minimum absolute atomic E-state index is 0.0224. The number of methoxy groups -OCH3 is 2. The summed E-state index contributed by atoms with van der Waals surface area (Å²) in [5.74, 6) is 1.06. The molecular weight excluding hydrogens is 381 g/mol. The van der Waals surface area contributed by atoms with Gasteiger partial charge in [-0.05, 0) is 61.4 Å². The van der Waals surface area contributed by atoms with Crippen LogP contribution in [0, 0.1) is 5.92 Å². The van der Waals surface area contributed by atoms with Crippen LogP contribution in [0.5, 0.6) is 11.5 Å². The van der Waals surface area contributed by atoms with Gasteiger partial charge in [-0.3, -0.25) is 4.79 Å². The maximum absolute atomic E-state index is 16.0. The van der Waals surface area contributed by atoms with E-state index >= 15 is 4.39 Å². The van der Waals surface area contributed by atoms with E-state index in [-0.39, 0.29) is 30.1 Å². The lowest BCUT2D eigenvalue weighted by atomic mass is 9.77. The number of Topliss-reactive ketones (excluding diaryl/α,β-unsaturated/α-hetero) is 1. The second kappa shape index (κ2) is 8.38. The van der Waals surface area contributed by atoms with Gasteiger partial charge in [-0.15, -0.1) is 0 Å². The van der Waals surface area contributed by atoms with Gasteiger partial charge in [0.25, 0.3) is 0 Å². The number of carbonyl (C=O) groups is 1. The molecule has 0 saturated carbocycles. The number of ether oxygens (including phenoxy) is 2. The Hall–Kier alpha value is -2.40. The predicted octanol–water partition coefficient (Wildman–Crippen LogP) is 4.71. The number of fused-ring (bicyclic) bond motifs is 1. The van der Waals surface area contributed by atoms with Gasteiger partial charge in [-0.1, -0.05) is 37.3 Å². The lowest BCUT2D eigenvalue weighted by Gasteiger charge is -2.39. The molecule has 4 unspecified atom stereocenters. The maximum Gasteiger partial charge on any atom is 0.166 e. The second-order valence-corrected chi connectivity index (χ2v) is 8.70. The van der Waals surface area contributed by atoms with Crippen molar-refractivity contribution in [3.8, 4) is 11.5 Å². The molecule has 5 heteroatoms. The zero-order chi connectivity index (χ0) is 21.3. The summed E-state index contributed by atoms with van der Waals surface area (Å²) in [5.41, 5.74) is 1.44. The predicted molar refractivity (Wildman–Crippen MR) is 115 cm³/mol. The number of nitrogens with one attached hydrogen (secondary N) is 1. The molecule has 4 nitrogen and oxygen atoms in total. The van der Waals surface area contributed by atoms with Crippen LogP contribution in [0.3, 0.4) is 0 Å². The molecule has 1 N–H and O–H groups in total. The van der Waals surface area contributed by atoms with Crippen molar-refractivity contribution in [2.75, 3.05) is 20.8 Å². The SMILES string of the molecule is COc1cc2c(cc1OC)C(=O)C(CC1(F)CCNC(C(C)c3ccccc3)C1)C2. The third kappa shape index (κ3) is 3.95. The highest BCUT2D eigenvalue weighted by Gasteiger charge is 2.43. The second-order valence-electron chi connectivity index (χ2n) is 8.70. The Balaban J connectivity index is 1.48. The summed E-state index contributed by atoms with van der Waals surface area (Å²) in [7, 11) is 3.14. The van der Waals surface area contributed by atoms with Gasteiger partial charge in [-0.2, -0.15) is 0 Å². The fourth-order valence-electron chi connectivity index (χ4n) is 5.08. The Bertz CT molecular complexity index is 916. The average Bonchev–Trinajstić information content (AvgIpc) is 3.06. The van der Waals surface area contributed by atoms with Gasteiger partial charge >= 0.3 is 0 Å². The lowest BCUT2D eigenvalue weighted by molar-refractivity contribution is 0.0538. The molecule has 1 saturated heterocycles. The van der Waals surface area contributed by atoms with Crippen LogP contribution < -0.4 is 14.8 Å². The van der Waals surface area contributed by atoms with E-state index in [0.29, 0.717) is 42.9 Å². The molecule has 0 spiro atoms. The minimum atomic E-state index is -1.34. The van der Waals surface area contributed by atoms with Crippen molar-refractivity contribution in [2.24, 2.45) is 5.92 Å². The molecule has 2 aliphatic rings. The molecule has 0 aromatic heterocycles. The molecule has 30 heavy (non-hydrogen) atoms. The first-order valence-electron chi connectivity index (χ1n) is 10.7. The van der Waals surface area contributed by atoms with Gasteiger partial charge in [0, 0.05) is 17.5 Å². The molecule has 4 rings (SSSR count). The molecule has 1 aliphatic heterocycles. The quantitative estimate of drug-likeness (QED) is 0.748. The van der Waals surface area contributed by atoms with Crippen LogP contribution in [0.4, 0.5) is 4.39 Å². The number of alkyl halides is 1. The fourth-order valence-corrected chi connectivity index (χ4v) is 5.08. The first-order valence-corrected chi connectivity index (χ1v) is 10.7. The van der Waals surface area contributed by atoms with Crippen LogP contribution in [-0.2, 0) is 6.42 Å². The monoisotopic (exact) mass is 411 g/mol. The van der Waals surface area contributed by atoms with E-state index in [4.69, 9.17) is 9.47 Å². The zero-order valence-corrected chi connectivity index (χ0v) is 17.9. The van der Waals surface area contributed by atoms with Crippen molar-refractivity contribution in [2.45, 2.75) is 50.2 Å². The molecular formula is C25H30FNO3. The topological polar surface area (TPSA) is 47.6 Å². The van der Waals surface area contributed by atoms with E-state index in [1.807, 2.05) is 24.3 Å². The summed E-state index contributed by atoms with van der Waals surface area (Å²) in [6.07, 6.45) is 1.70. The summed E-state index contributed by atoms with van der Waals surface area (Å²) >= 11 is 0. The van der Waals surface area contributed by atoms with Crippen molar-refractivity contribution in [3.63, 3.8) is 0 Å². The molecule has 1 fully saturated rings. The van der Waals surface area contributed by atoms with Crippen molar-refractivity contribution in [3.05, 3.63) is 59.2 Å².